The predicted octanol–water partition coefficient (Wildman–Crippen LogP) is 2.25. The number of likely N-dealkylation sites (N-methyl/N-ethyl adjacent to an activating group) is 1. The molecule has 6 heteroatoms. The van der Waals surface area contributed by atoms with Crippen molar-refractivity contribution in [2.45, 2.75) is 32.4 Å². The molecule has 134 valence electrons. The minimum absolute atomic E-state index is 0.394. The van der Waals surface area contributed by atoms with E-state index in [1.165, 1.54) is 0 Å². The first-order valence-corrected chi connectivity index (χ1v) is 8.48. The fraction of sp³-hybridized carbons (Fsp3) is 0.611. The second kappa shape index (κ2) is 8.35. The number of carboxylic acids is 1. The van der Waals surface area contributed by atoms with Crippen LogP contribution in [0.4, 0.5) is 0 Å². The summed E-state index contributed by atoms with van der Waals surface area (Å²) in [6.45, 7) is 7.71. The van der Waals surface area contributed by atoms with Gasteiger partial charge in [-0.2, -0.15) is 0 Å². The van der Waals surface area contributed by atoms with E-state index in [0.717, 1.165) is 38.2 Å². The lowest BCUT2D eigenvalue weighted by atomic mass is 10.0. The number of aliphatic carboxylic acids is 1. The number of hydrogen-bond donors (Lipinski definition) is 1. The van der Waals surface area contributed by atoms with Crippen LogP contribution in [0.3, 0.4) is 0 Å². The number of rotatable bonds is 7. The van der Waals surface area contributed by atoms with Gasteiger partial charge >= 0.3 is 5.97 Å². The third-order valence-electron chi connectivity index (χ3n) is 4.84. The van der Waals surface area contributed by atoms with Crippen molar-refractivity contribution >= 4 is 5.97 Å². The molecule has 1 aliphatic heterocycles. The summed E-state index contributed by atoms with van der Waals surface area (Å²) in [6.07, 6.45) is 1.02. The smallest absolute Gasteiger partial charge is 0.325 e. The van der Waals surface area contributed by atoms with Crippen molar-refractivity contribution in [1.82, 2.24) is 9.80 Å². The van der Waals surface area contributed by atoms with E-state index in [9.17, 15) is 9.90 Å². The lowest BCUT2D eigenvalue weighted by Crippen LogP contribution is -2.54. The van der Waals surface area contributed by atoms with E-state index in [1.54, 1.807) is 26.4 Å². The third-order valence-corrected chi connectivity index (χ3v) is 4.84. The van der Waals surface area contributed by atoms with Gasteiger partial charge in [-0.3, -0.25) is 14.6 Å². The molecule has 0 aliphatic carbocycles. The number of carbonyl (C=O) groups is 1. The fourth-order valence-corrected chi connectivity index (χ4v) is 3.49. The maximum absolute atomic E-state index is 12.0. The number of ether oxygens (including phenoxy) is 2. The van der Waals surface area contributed by atoms with Crippen LogP contribution in [0.2, 0.25) is 0 Å². The number of piperazine rings is 1. The zero-order valence-electron chi connectivity index (χ0n) is 15.0. The summed E-state index contributed by atoms with van der Waals surface area (Å²) >= 11 is 0. The number of benzene rings is 1. The molecule has 0 bridgehead atoms. The molecule has 1 fully saturated rings. The normalized spacial score (nSPS) is 20.6. The molecule has 0 spiro atoms. The standard InChI is InChI=1S/C18H28N2O4/c1-5-14-12-20(10-9-19(14)6-2)17(18(21)22)13-7-8-15(23-3)16(11-13)24-4/h7-8,11,14,17H,5-6,9-10,12H2,1-4H3,(H,21,22). The molecule has 1 heterocycles. The molecule has 24 heavy (non-hydrogen) atoms. The molecule has 0 radical (unpaired) electrons. The molecule has 1 aromatic rings. The maximum Gasteiger partial charge on any atom is 0.325 e. The zero-order valence-corrected chi connectivity index (χ0v) is 15.0. The number of hydrogen-bond acceptors (Lipinski definition) is 5. The second-order valence-corrected chi connectivity index (χ2v) is 6.04. The summed E-state index contributed by atoms with van der Waals surface area (Å²) in [5.41, 5.74) is 0.722. The molecular weight excluding hydrogens is 308 g/mol. The van der Waals surface area contributed by atoms with Crippen LogP contribution in [-0.4, -0.2) is 67.3 Å². The minimum Gasteiger partial charge on any atom is -0.493 e. The van der Waals surface area contributed by atoms with Crippen LogP contribution in [0.1, 0.15) is 31.9 Å². The van der Waals surface area contributed by atoms with Crippen molar-refractivity contribution in [3.63, 3.8) is 0 Å². The quantitative estimate of drug-likeness (QED) is 0.824. The molecule has 2 unspecified atom stereocenters. The first-order chi connectivity index (χ1) is 11.5. The van der Waals surface area contributed by atoms with Gasteiger partial charge < -0.3 is 14.6 Å². The van der Waals surface area contributed by atoms with Crippen LogP contribution in [-0.2, 0) is 4.79 Å². The number of methoxy groups -OCH3 is 2. The van der Waals surface area contributed by atoms with E-state index in [4.69, 9.17) is 9.47 Å². The summed E-state index contributed by atoms with van der Waals surface area (Å²) < 4.78 is 10.6. The highest BCUT2D eigenvalue weighted by molar-refractivity contribution is 5.76. The molecule has 2 atom stereocenters. The van der Waals surface area contributed by atoms with Gasteiger partial charge in [-0.05, 0) is 30.7 Å². The Labute approximate surface area is 144 Å². The van der Waals surface area contributed by atoms with Crippen molar-refractivity contribution in [3.05, 3.63) is 23.8 Å². The van der Waals surface area contributed by atoms with E-state index >= 15 is 0 Å². The Balaban J connectivity index is 2.28. The second-order valence-electron chi connectivity index (χ2n) is 6.04. The van der Waals surface area contributed by atoms with Gasteiger partial charge in [0.05, 0.1) is 14.2 Å². The Bertz CT molecular complexity index is 564. The Morgan fingerprint density at radius 2 is 1.96 bits per heavy atom. The first kappa shape index (κ1) is 18.5. The van der Waals surface area contributed by atoms with E-state index < -0.39 is 12.0 Å². The minimum atomic E-state index is -0.831. The van der Waals surface area contributed by atoms with Crippen LogP contribution in [0.15, 0.2) is 18.2 Å². The summed E-state index contributed by atoms with van der Waals surface area (Å²) in [7, 11) is 3.13. The fourth-order valence-electron chi connectivity index (χ4n) is 3.49. The highest BCUT2D eigenvalue weighted by Crippen LogP contribution is 2.33. The third kappa shape index (κ3) is 3.82. The van der Waals surface area contributed by atoms with Gasteiger partial charge in [0.2, 0.25) is 0 Å². The van der Waals surface area contributed by atoms with Gasteiger partial charge in [0.1, 0.15) is 6.04 Å². The summed E-state index contributed by atoms with van der Waals surface area (Å²) in [6, 6.07) is 5.07. The number of nitrogens with zero attached hydrogens (tertiary/aromatic N) is 2. The summed E-state index contributed by atoms with van der Waals surface area (Å²) in [5, 5.41) is 9.82. The Morgan fingerprint density at radius 3 is 2.50 bits per heavy atom. The molecule has 1 saturated heterocycles. The molecule has 1 aromatic carbocycles. The molecule has 0 saturated carbocycles. The van der Waals surface area contributed by atoms with E-state index in [2.05, 4.69) is 23.6 Å². The maximum atomic E-state index is 12.0. The Kier molecular flexibility index (Phi) is 6.45. The topological polar surface area (TPSA) is 62.2 Å². The average Bonchev–Trinajstić information content (AvgIpc) is 2.61. The first-order valence-electron chi connectivity index (χ1n) is 8.48. The van der Waals surface area contributed by atoms with Gasteiger partial charge in [0.25, 0.3) is 0 Å². The van der Waals surface area contributed by atoms with Gasteiger partial charge in [-0.25, -0.2) is 0 Å². The highest BCUT2D eigenvalue weighted by Gasteiger charge is 2.34. The van der Waals surface area contributed by atoms with Crippen LogP contribution in [0, 0.1) is 0 Å². The molecule has 1 N–H and O–H groups in total. The van der Waals surface area contributed by atoms with Crippen molar-refractivity contribution in [2.75, 3.05) is 40.4 Å². The zero-order chi connectivity index (χ0) is 17.7. The Hall–Kier alpha value is -1.79. The number of carboxylic acid groups (broad SMARTS) is 1. The molecule has 0 amide bonds. The molecule has 1 aliphatic rings. The monoisotopic (exact) mass is 336 g/mol. The van der Waals surface area contributed by atoms with Crippen LogP contribution in [0.5, 0.6) is 11.5 Å². The van der Waals surface area contributed by atoms with E-state index in [1.807, 2.05) is 6.07 Å². The van der Waals surface area contributed by atoms with Gasteiger partial charge in [0.15, 0.2) is 11.5 Å². The average molecular weight is 336 g/mol. The van der Waals surface area contributed by atoms with Gasteiger partial charge in [-0.1, -0.05) is 19.9 Å². The van der Waals surface area contributed by atoms with Crippen molar-refractivity contribution in [3.8, 4) is 11.5 Å². The molecule has 6 nitrogen and oxygen atoms in total. The van der Waals surface area contributed by atoms with Gasteiger partial charge in [-0.15, -0.1) is 0 Å². The van der Waals surface area contributed by atoms with Gasteiger partial charge in [0, 0.05) is 25.7 Å². The van der Waals surface area contributed by atoms with Crippen molar-refractivity contribution in [1.29, 1.82) is 0 Å². The van der Waals surface area contributed by atoms with E-state index in [-0.39, 0.29) is 0 Å². The summed E-state index contributed by atoms with van der Waals surface area (Å²) in [5.74, 6) is 0.329. The Morgan fingerprint density at radius 1 is 1.25 bits per heavy atom. The van der Waals surface area contributed by atoms with Crippen molar-refractivity contribution in [2.24, 2.45) is 0 Å². The van der Waals surface area contributed by atoms with Crippen LogP contribution in [0.25, 0.3) is 0 Å². The lowest BCUT2D eigenvalue weighted by Gasteiger charge is -2.43. The highest BCUT2D eigenvalue weighted by atomic mass is 16.5. The van der Waals surface area contributed by atoms with E-state index in [0.29, 0.717) is 17.5 Å². The molecule has 0 aromatic heterocycles. The van der Waals surface area contributed by atoms with Crippen LogP contribution >= 0.6 is 0 Å². The molecule has 2 rings (SSSR count). The summed E-state index contributed by atoms with van der Waals surface area (Å²) in [4.78, 5) is 16.5. The van der Waals surface area contributed by atoms with Crippen molar-refractivity contribution < 1.29 is 19.4 Å². The predicted molar refractivity (Wildman–Crippen MR) is 92.8 cm³/mol. The van der Waals surface area contributed by atoms with Crippen LogP contribution < -0.4 is 9.47 Å². The molecular formula is C18H28N2O4. The largest absolute Gasteiger partial charge is 0.493 e. The lowest BCUT2D eigenvalue weighted by molar-refractivity contribution is -0.145. The SMILES string of the molecule is CCC1CN(C(C(=O)O)c2ccc(OC)c(OC)c2)CCN1CC.